The van der Waals surface area contributed by atoms with E-state index >= 15 is 0 Å². The number of rotatable bonds is 4. The van der Waals surface area contributed by atoms with Gasteiger partial charge in [0.05, 0.1) is 17.2 Å². The van der Waals surface area contributed by atoms with Gasteiger partial charge in [0.2, 0.25) is 0 Å². The van der Waals surface area contributed by atoms with Crippen LogP contribution in [-0.4, -0.2) is 56.0 Å². The summed E-state index contributed by atoms with van der Waals surface area (Å²) in [7, 11) is 0. The number of hydrogen-bond acceptors (Lipinski definition) is 8. The van der Waals surface area contributed by atoms with Crippen molar-refractivity contribution in [2.24, 2.45) is 0 Å². The quantitative estimate of drug-likeness (QED) is 0.392. The van der Waals surface area contributed by atoms with Crippen LogP contribution in [0.3, 0.4) is 0 Å². The molecule has 0 bridgehead atoms. The summed E-state index contributed by atoms with van der Waals surface area (Å²) in [5.41, 5.74) is -2.07. The number of fused-ring (bicyclic) bond motifs is 3. The Hall–Kier alpha value is -3.07. The van der Waals surface area contributed by atoms with Crippen molar-refractivity contribution in [1.82, 2.24) is 5.32 Å². The fourth-order valence-electron chi connectivity index (χ4n) is 4.50. The van der Waals surface area contributed by atoms with Gasteiger partial charge in [0.25, 0.3) is 0 Å². The van der Waals surface area contributed by atoms with E-state index in [1.807, 2.05) is 0 Å². The SMILES string of the molecule is CC(=O)C1(O)Cc2c(O)c3c(c(O)c2C(NCC(C)O)C1)C(=O)c1ccccc1C3=O. The average Bonchev–Trinajstić information content (AvgIpc) is 2.72. The highest BCUT2D eigenvalue weighted by molar-refractivity contribution is 6.30. The van der Waals surface area contributed by atoms with Crippen LogP contribution in [0.5, 0.6) is 11.5 Å². The number of nitrogens with one attached hydrogen (secondary N) is 1. The second-order valence-electron chi connectivity index (χ2n) is 8.32. The molecule has 5 N–H and O–H groups in total. The van der Waals surface area contributed by atoms with Gasteiger partial charge >= 0.3 is 0 Å². The molecule has 4 rings (SSSR count). The number of carbonyl (C=O) groups excluding carboxylic acids is 3. The number of ketones is 3. The van der Waals surface area contributed by atoms with Crippen LogP contribution in [0, 0.1) is 0 Å². The maximum Gasteiger partial charge on any atom is 0.198 e. The zero-order valence-electron chi connectivity index (χ0n) is 17.1. The van der Waals surface area contributed by atoms with Gasteiger partial charge in [-0.05, 0) is 13.8 Å². The van der Waals surface area contributed by atoms with Gasteiger partial charge in [-0.1, -0.05) is 24.3 Å². The molecule has 31 heavy (non-hydrogen) atoms. The number of Topliss-reactive ketones (excluding diaryl/α,β-unsaturated/α-hetero) is 1. The first-order chi connectivity index (χ1) is 14.6. The lowest BCUT2D eigenvalue weighted by molar-refractivity contribution is -0.137. The minimum absolute atomic E-state index is 0.0313. The minimum Gasteiger partial charge on any atom is -0.507 e. The van der Waals surface area contributed by atoms with Crippen molar-refractivity contribution in [3.8, 4) is 11.5 Å². The van der Waals surface area contributed by atoms with Gasteiger partial charge in [-0.15, -0.1) is 0 Å². The monoisotopic (exact) mass is 425 g/mol. The van der Waals surface area contributed by atoms with Crippen molar-refractivity contribution >= 4 is 17.3 Å². The molecule has 2 aromatic rings. The number of benzene rings is 2. The molecule has 8 heteroatoms. The maximum atomic E-state index is 13.1. The number of hydrogen-bond donors (Lipinski definition) is 5. The summed E-state index contributed by atoms with van der Waals surface area (Å²) in [6, 6.07) is 5.29. The maximum absolute atomic E-state index is 13.1. The molecule has 0 aromatic heterocycles. The summed E-state index contributed by atoms with van der Waals surface area (Å²) < 4.78 is 0. The highest BCUT2D eigenvalue weighted by Gasteiger charge is 2.47. The fraction of sp³-hybridized carbons (Fsp3) is 0.348. The topological polar surface area (TPSA) is 144 Å². The first kappa shape index (κ1) is 21.2. The summed E-state index contributed by atoms with van der Waals surface area (Å²) in [6.45, 7) is 2.83. The van der Waals surface area contributed by atoms with Crippen LogP contribution in [0.2, 0.25) is 0 Å². The van der Waals surface area contributed by atoms with Gasteiger partial charge in [-0.25, -0.2) is 0 Å². The Bertz CT molecular complexity index is 1140. The van der Waals surface area contributed by atoms with E-state index in [0.717, 1.165) is 0 Å². The second-order valence-corrected chi connectivity index (χ2v) is 8.32. The van der Waals surface area contributed by atoms with E-state index in [2.05, 4.69) is 5.32 Å². The summed E-state index contributed by atoms with van der Waals surface area (Å²) in [5.74, 6) is -2.75. The van der Waals surface area contributed by atoms with Gasteiger partial charge < -0.3 is 25.7 Å². The molecule has 0 aliphatic heterocycles. The summed E-state index contributed by atoms with van der Waals surface area (Å²) in [4.78, 5) is 38.4. The summed E-state index contributed by atoms with van der Waals surface area (Å²) in [6.07, 6.45) is -1.22. The molecular weight excluding hydrogens is 402 g/mol. The van der Waals surface area contributed by atoms with Crippen LogP contribution in [0.25, 0.3) is 0 Å². The molecule has 0 radical (unpaired) electrons. The van der Waals surface area contributed by atoms with E-state index in [1.54, 1.807) is 12.1 Å². The zero-order chi connectivity index (χ0) is 22.7. The van der Waals surface area contributed by atoms with Crippen molar-refractivity contribution in [2.45, 2.75) is 44.4 Å². The number of aromatic hydroxyl groups is 2. The number of phenols is 2. The first-order valence-electron chi connectivity index (χ1n) is 10.0. The fourth-order valence-corrected chi connectivity index (χ4v) is 4.50. The van der Waals surface area contributed by atoms with Crippen molar-refractivity contribution in [3.05, 3.63) is 57.6 Å². The molecule has 3 atom stereocenters. The smallest absolute Gasteiger partial charge is 0.198 e. The Kier molecular flexibility index (Phi) is 4.96. The number of carbonyl (C=O) groups is 3. The van der Waals surface area contributed by atoms with Crippen LogP contribution >= 0.6 is 0 Å². The second kappa shape index (κ2) is 7.26. The van der Waals surface area contributed by atoms with Crippen molar-refractivity contribution in [3.63, 3.8) is 0 Å². The third kappa shape index (κ3) is 3.15. The molecule has 0 saturated heterocycles. The molecule has 0 heterocycles. The predicted octanol–water partition coefficient (Wildman–Crippen LogP) is 1.15. The van der Waals surface area contributed by atoms with Gasteiger partial charge in [0, 0.05) is 47.7 Å². The zero-order valence-corrected chi connectivity index (χ0v) is 17.1. The van der Waals surface area contributed by atoms with Crippen LogP contribution < -0.4 is 5.32 Å². The van der Waals surface area contributed by atoms with Gasteiger partial charge in [0.15, 0.2) is 17.3 Å². The van der Waals surface area contributed by atoms with E-state index < -0.39 is 46.6 Å². The molecule has 3 unspecified atom stereocenters. The average molecular weight is 425 g/mol. The lowest BCUT2D eigenvalue weighted by atomic mass is 9.71. The first-order valence-corrected chi connectivity index (χ1v) is 10.0. The molecule has 162 valence electrons. The van der Waals surface area contributed by atoms with E-state index in [0.29, 0.717) is 0 Å². The Balaban J connectivity index is 1.98. The molecule has 0 saturated carbocycles. The van der Waals surface area contributed by atoms with E-state index in [9.17, 15) is 34.8 Å². The molecule has 8 nitrogen and oxygen atoms in total. The predicted molar refractivity (Wildman–Crippen MR) is 109 cm³/mol. The van der Waals surface area contributed by atoms with Gasteiger partial charge in [-0.3, -0.25) is 14.4 Å². The highest BCUT2D eigenvalue weighted by Crippen LogP contribution is 2.50. The third-order valence-corrected chi connectivity index (χ3v) is 6.13. The van der Waals surface area contributed by atoms with Crippen molar-refractivity contribution in [2.75, 3.05) is 6.54 Å². The molecule has 0 amide bonds. The highest BCUT2D eigenvalue weighted by atomic mass is 16.3. The molecule has 2 aromatic carbocycles. The van der Waals surface area contributed by atoms with E-state index in [1.165, 1.54) is 26.0 Å². The van der Waals surface area contributed by atoms with Crippen LogP contribution in [0.1, 0.15) is 69.3 Å². The number of aliphatic hydroxyl groups is 2. The van der Waals surface area contributed by atoms with Crippen LogP contribution in [0.15, 0.2) is 24.3 Å². The minimum atomic E-state index is -1.85. The lowest BCUT2D eigenvalue weighted by Crippen LogP contribution is -2.47. The normalized spacial score (nSPS) is 23.0. The number of aliphatic hydroxyl groups excluding tert-OH is 1. The van der Waals surface area contributed by atoms with Crippen molar-refractivity contribution in [1.29, 1.82) is 0 Å². The molecule has 2 aliphatic rings. The van der Waals surface area contributed by atoms with Crippen LogP contribution in [-0.2, 0) is 11.2 Å². The third-order valence-electron chi connectivity index (χ3n) is 6.13. The summed E-state index contributed by atoms with van der Waals surface area (Å²) in [5, 5.41) is 45.7. The van der Waals surface area contributed by atoms with E-state index in [4.69, 9.17) is 0 Å². The Morgan fingerprint density at radius 1 is 1.13 bits per heavy atom. The molecule has 0 spiro atoms. The molecular formula is C23H23NO7. The molecule has 2 aliphatic carbocycles. The largest absolute Gasteiger partial charge is 0.507 e. The van der Waals surface area contributed by atoms with Gasteiger partial charge in [0.1, 0.15) is 17.1 Å². The Labute approximate surface area is 178 Å². The number of phenolic OH excluding ortho intramolecular Hbond substituents is 2. The van der Waals surface area contributed by atoms with Crippen molar-refractivity contribution < 1.29 is 34.8 Å². The van der Waals surface area contributed by atoms with Gasteiger partial charge in [-0.2, -0.15) is 0 Å². The van der Waals surface area contributed by atoms with Crippen LogP contribution in [0.4, 0.5) is 0 Å². The Morgan fingerprint density at radius 2 is 1.68 bits per heavy atom. The molecule has 0 fully saturated rings. The summed E-state index contributed by atoms with van der Waals surface area (Å²) >= 11 is 0. The lowest BCUT2D eigenvalue weighted by Gasteiger charge is -2.39. The Morgan fingerprint density at radius 3 is 2.19 bits per heavy atom. The van der Waals surface area contributed by atoms with E-state index in [-0.39, 0.29) is 52.8 Å². The standard InChI is InChI=1S/C23H23NO7/c1-10(25)9-24-15-8-23(31,11(2)26)7-14-16(15)22(30)18-17(21(14)29)19(27)12-5-3-4-6-13(12)20(18)28/h3-6,10,15,24-25,29-31H,7-9H2,1-2H3.